The number of nitrogens with one attached hydrogen (secondary N) is 1. The molecule has 0 spiro atoms. The van der Waals surface area contributed by atoms with Gasteiger partial charge in [0, 0.05) is 13.0 Å². The Kier molecular flexibility index (Phi) is 24.5. The molecule has 0 rings (SSSR count). The number of carbonyl (C=O) groups excluding carboxylic acids is 2. The first kappa shape index (κ1) is 30.5. The van der Waals surface area contributed by atoms with Gasteiger partial charge in [-0.2, -0.15) is 0 Å². The van der Waals surface area contributed by atoms with Gasteiger partial charge in [0.2, 0.25) is 0 Å². The monoisotopic (exact) mass is 453 g/mol. The Morgan fingerprint density at radius 1 is 0.688 bits per heavy atom. The predicted octanol–water partition coefficient (Wildman–Crippen LogP) is 7.87. The number of ether oxygens (including phenoxy) is 2. The molecule has 0 saturated carbocycles. The number of alkyl carbamates (subject to hydrolysis) is 1. The van der Waals surface area contributed by atoms with Gasteiger partial charge in [-0.1, -0.05) is 116 Å². The van der Waals surface area contributed by atoms with Gasteiger partial charge in [-0.25, -0.2) is 4.79 Å². The quantitative estimate of drug-likeness (QED) is 0.0917. The third-order valence-corrected chi connectivity index (χ3v) is 5.67. The lowest BCUT2D eigenvalue weighted by Crippen LogP contribution is -2.25. The number of rotatable bonds is 24. The number of amides is 1. The average Bonchev–Trinajstić information content (AvgIpc) is 2.79. The lowest BCUT2D eigenvalue weighted by molar-refractivity contribution is -0.143. The number of esters is 1. The van der Waals surface area contributed by atoms with Crippen molar-refractivity contribution in [3.63, 3.8) is 0 Å². The number of unbranched alkanes of at least 4 members (excludes halogenated alkanes) is 16. The van der Waals surface area contributed by atoms with E-state index in [0.717, 1.165) is 32.1 Å². The van der Waals surface area contributed by atoms with Crippen molar-refractivity contribution in [2.45, 2.75) is 129 Å². The molecule has 32 heavy (non-hydrogen) atoms. The molecule has 0 heterocycles. The molecule has 5 heteroatoms. The number of hydrogen-bond donors (Lipinski definition) is 1. The van der Waals surface area contributed by atoms with Crippen LogP contribution >= 0.6 is 0 Å². The first-order valence-electron chi connectivity index (χ1n) is 13.4. The number of carbonyl (C=O) groups is 2. The maximum absolute atomic E-state index is 11.7. The van der Waals surface area contributed by atoms with E-state index in [4.69, 9.17) is 9.47 Å². The van der Waals surface area contributed by atoms with Crippen molar-refractivity contribution in [1.82, 2.24) is 5.32 Å². The van der Waals surface area contributed by atoms with Gasteiger partial charge in [-0.15, -0.1) is 0 Å². The van der Waals surface area contributed by atoms with Crippen LogP contribution in [0.15, 0.2) is 12.7 Å². The van der Waals surface area contributed by atoms with Crippen LogP contribution in [0.3, 0.4) is 0 Å². The lowest BCUT2D eigenvalue weighted by Gasteiger charge is -2.06. The molecular weight excluding hydrogens is 402 g/mol. The van der Waals surface area contributed by atoms with Gasteiger partial charge in [0.05, 0.1) is 6.61 Å². The summed E-state index contributed by atoms with van der Waals surface area (Å²) in [6, 6.07) is 0. The minimum Gasteiger partial charge on any atom is -0.466 e. The summed E-state index contributed by atoms with van der Waals surface area (Å²) in [6.07, 6.45) is 24.1. The van der Waals surface area contributed by atoms with Crippen LogP contribution in [0.2, 0.25) is 0 Å². The summed E-state index contributed by atoms with van der Waals surface area (Å²) < 4.78 is 10.1. The summed E-state index contributed by atoms with van der Waals surface area (Å²) in [7, 11) is 0. The minimum atomic E-state index is -0.423. The molecule has 5 nitrogen and oxygen atoms in total. The smallest absolute Gasteiger partial charge is 0.407 e. The summed E-state index contributed by atoms with van der Waals surface area (Å²) in [5.41, 5.74) is 0. The Labute approximate surface area is 198 Å². The fraction of sp³-hybridized carbons (Fsp3) is 0.852. The van der Waals surface area contributed by atoms with Crippen molar-refractivity contribution >= 4 is 12.1 Å². The second-order valence-electron chi connectivity index (χ2n) is 8.79. The van der Waals surface area contributed by atoms with Crippen LogP contribution in [-0.2, 0) is 14.3 Å². The minimum absolute atomic E-state index is 0.103. The van der Waals surface area contributed by atoms with Crippen molar-refractivity contribution in [3.05, 3.63) is 12.7 Å². The standard InChI is InChI=1S/C27H51NO4/c1-3-5-6-7-8-9-10-11-12-13-14-15-16-17-21-25-31-26(29)22-19-18-20-23-28-27(30)32-24-4-2/h4H,2-3,5-25H2,1H3,(H,28,30). The second kappa shape index (κ2) is 25.7. The van der Waals surface area contributed by atoms with Gasteiger partial charge in [0.15, 0.2) is 0 Å². The SMILES string of the molecule is C=CCOC(=O)NCCCCCC(=O)OCCCCCCCCCCCCCCCCC. The van der Waals surface area contributed by atoms with Crippen LogP contribution in [-0.4, -0.2) is 31.8 Å². The van der Waals surface area contributed by atoms with Gasteiger partial charge in [-0.3, -0.25) is 4.79 Å². The van der Waals surface area contributed by atoms with Crippen molar-refractivity contribution in [3.8, 4) is 0 Å². The maximum Gasteiger partial charge on any atom is 0.407 e. The van der Waals surface area contributed by atoms with Gasteiger partial charge in [0.25, 0.3) is 0 Å². The topological polar surface area (TPSA) is 64.6 Å². The Morgan fingerprint density at radius 2 is 1.19 bits per heavy atom. The summed E-state index contributed by atoms with van der Waals surface area (Å²) in [4.78, 5) is 22.9. The Morgan fingerprint density at radius 3 is 1.72 bits per heavy atom. The van der Waals surface area contributed by atoms with Gasteiger partial charge < -0.3 is 14.8 Å². The molecule has 0 atom stereocenters. The van der Waals surface area contributed by atoms with Crippen molar-refractivity contribution in [2.24, 2.45) is 0 Å². The molecule has 1 amide bonds. The van der Waals surface area contributed by atoms with E-state index < -0.39 is 6.09 Å². The normalized spacial score (nSPS) is 10.7. The molecule has 0 radical (unpaired) electrons. The van der Waals surface area contributed by atoms with Crippen LogP contribution in [0.5, 0.6) is 0 Å². The third-order valence-electron chi connectivity index (χ3n) is 5.67. The highest BCUT2D eigenvalue weighted by Crippen LogP contribution is 2.13. The summed E-state index contributed by atoms with van der Waals surface area (Å²) in [5.74, 6) is -0.103. The van der Waals surface area contributed by atoms with Crippen LogP contribution in [0.1, 0.15) is 129 Å². The molecule has 0 aliphatic carbocycles. The van der Waals surface area contributed by atoms with Crippen molar-refractivity contribution < 1.29 is 19.1 Å². The molecule has 0 saturated heterocycles. The van der Waals surface area contributed by atoms with Crippen LogP contribution in [0.4, 0.5) is 4.79 Å². The zero-order chi connectivity index (χ0) is 23.5. The molecule has 0 bridgehead atoms. The van der Waals surface area contributed by atoms with Gasteiger partial charge in [0.1, 0.15) is 6.61 Å². The van der Waals surface area contributed by atoms with E-state index in [1.54, 1.807) is 0 Å². The van der Waals surface area contributed by atoms with Crippen LogP contribution < -0.4 is 5.32 Å². The second-order valence-corrected chi connectivity index (χ2v) is 8.79. The van der Waals surface area contributed by atoms with Crippen LogP contribution in [0.25, 0.3) is 0 Å². The van der Waals surface area contributed by atoms with E-state index in [-0.39, 0.29) is 12.6 Å². The number of hydrogen-bond acceptors (Lipinski definition) is 4. The highest BCUT2D eigenvalue weighted by atomic mass is 16.5. The van der Waals surface area contributed by atoms with Gasteiger partial charge >= 0.3 is 12.1 Å². The summed E-state index contributed by atoms with van der Waals surface area (Å²) in [6.45, 7) is 7.09. The van der Waals surface area contributed by atoms with Crippen molar-refractivity contribution in [2.75, 3.05) is 19.8 Å². The molecule has 0 aliphatic rings. The molecule has 188 valence electrons. The highest BCUT2D eigenvalue weighted by molar-refractivity contribution is 5.69. The predicted molar refractivity (Wildman–Crippen MR) is 134 cm³/mol. The fourth-order valence-corrected chi connectivity index (χ4v) is 3.68. The first-order valence-corrected chi connectivity index (χ1v) is 13.4. The van der Waals surface area contributed by atoms with E-state index in [1.807, 2.05) is 0 Å². The van der Waals surface area contributed by atoms with E-state index in [9.17, 15) is 9.59 Å². The molecule has 0 fully saturated rings. The Hall–Kier alpha value is -1.52. The zero-order valence-corrected chi connectivity index (χ0v) is 21.0. The molecule has 0 aromatic heterocycles. The lowest BCUT2D eigenvalue weighted by atomic mass is 10.0. The molecule has 1 N–H and O–H groups in total. The molecular formula is C27H51NO4. The maximum atomic E-state index is 11.7. The average molecular weight is 454 g/mol. The van der Waals surface area contributed by atoms with Crippen LogP contribution in [0, 0.1) is 0 Å². The molecule has 0 aromatic rings. The third kappa shape index (κ3) is 24.7. The van der Waals surface area contributed by atoms with Gasteiger partial charge in [-0.05, 0) is 19.3 Å². The first-order chi connectivity index (χ1) is 15.7. The van der Waals surface area contributed by atoms with E-state index >= 15 is 0 Å². The molecule has 0 aliphatic heterocycles. The largest absolute Gasteiger partial charge is 0.466 e. The fourth-order valence-electron chi connectivity index (χ4n) is 3.68. The highest BCUT2D eigenvalue weighted by Gasteiger charge is 2.03. The van der Waals surface area contributed by atoms with E-state index in [2.05, 4.69) is 18.8 Å². The molecule has 0 aromatic carbocycles. The Balaban J connectivity index is 3.20. The summed E-state index contributed by atoms with van der Waals surface area (Å²) >= 11 is 0. The zero-order valence-electron chi connectivity index (χ0n) is 21.0. The molecule has 0 unspecified atom stereocenters. The summed E-state index contributed by atoms with van der Waals surface area (Å²) in [5, 5.41) is 2.67. The Bertz CT molecular complexity index is 439. The van der Waals surface area contributed by atoms with E-state index in [1.165, 1.54) is 89.5 Å². The van der Waals surface area contributed by atoms with E-state index in [0.29, 0.717) is 19.6 Å². The van der Waals surface area contributed by atoms with Crippen molar-refractivity contribution in [1.29, 1.82) is 0 Å².